The summed E-state index contributed by atoms with van der Waals surface area (Å²) in [5.74, 6) is -6.12. The number of hydrogen-bond donors (Lipinski definition) is 0. The van der Waals surface area contributed by atoms with Gasteiger partial charge in [0, 0.05) is 39.3 Å². The van der Waals surface area contributed by atoms with Gasteiger partial charge in [0.15, 0.2) is 0 Å². The summed E-state index contributed by atoms with van der Waals surface area (Å²) in [6.45, 7) is -3.25. The number of hydrogen-bond acceptors (Lipinski definition) is 10. The van der Waals surface area contributed by atoms with Crippen molar-refractivity contribution < 1.29 is 73.7 Å². The van der Waals surface area contributed by atoms with E-state index in [1.54, 1.807) is 0 Å². The van der Waals surface area contributed by atoms with E-state index >= 15 is 0 Å². The Morgan fingerprint density at radius 1 is 0.500 bits per heavy atom. The maximum Gasteiger partial charge on any atom is 2.00 e. The molecule has 16 heteroatoms. The van der Waals surface area contributed by atoms with Crippen LogP contribution in [-0.2, 0) is 53.3 Å². The average Bonchev–Trinajstić information content (AvgIpc) is 2.22. The van der Waals surface area contributed by atoms with Crippen molar-refractivity contribution in [1.29, 1.82) is 0 Å². The first-order valence-electron chi connectivity index (χ1n) is 5.44. The zero-order valence-corrected chi connectivity index (χ0v) is 13.5. The standard InChI is InChI=1S/C10H16N2O8.4K.2Mn.4H/c13-7(14)3-11(4-8(15)16)1-2-12(5-9(17)18)6-10(19)20;;;;;;;;;;/h1-6H2,(H,13,14)(H,15,16)(H,17,18)(H,19,20);;;;;;;;;;/q;;;;;2*+2;;;;/p-4. The van der Waals surface area contributed by atoms with Crippen molar-refractivity contribution in [3.05, 3.63) is 0 Å². The Labute approximate surface area is 342 Å². The molecule has 0 aromatic rings. The number of nitrogens with zero attached hydrogens (tertiary/aromatic N) is 2. The quantitative estimate of drug-likeness (QED) is 0.222. The fraction of sp³-hybridized carbons (Fsp3) is 0.600. The van der Waals surface area contributed by atoms with Crippen LogP contribution in [0.3, 0.4) is 0 Å². The predicted molar refractivity (Wildman–Crippen MR) is 81.5 cm³/mol. The molecule has 0 aromatic carbocycles. The van der Waals surface area contributed by atoms with Gasteiger partial charge in [0.25, 0.3) is 0 Å². The molecule has 26 heavy (non-hydrogen) atoms. The van der Waals surface area contributed by atoms with Crippen molar-refractivity contribution in [1.82, 2.24) is 9.80 Å². The fourth-order valence-corrected chi connectivity index (χ4v) is 1.44. The predicted octanol–water partition coefficient (Wildman–Crippen LogP) is -10.0. The summed E-state index contributed by atoms with van der Waals surface area (Å²) < 4.78 is 0. The molecule has 0 rings (SSSR count). The van der Waals surface area contributed by atoms with E-state index in [4.69, 9.17) is 0 Å². The number of carboxylic acids is 4. The van der Waals surface area contributed by atoms with Crippen LogP contribution in [0.2, 0.25) is 0 Å². The topological polar surface area (TPSA) is 167 Å². The number of carboxylic acid groups (broad SMARTS) is 4. The van der Waals surface area contributed by atoms with Crippen LogP contribution in [0, 0.1) is 0 Å². The summed E-state index contributed by atoms with van der Waals surface area (Å²) in [5.41, 5.74) is 0. The molecule has 2 radical (unpaired) electrons. The normalized spacial score (nSPS) is 8.23. The Hall–Kier alpha value is 5.38. The van der Waals surface area contributed by atoms with E-state index in [1.807, 2.05) is 0 Å². The van der Waals surface area contributed by atoms with E-state index in [1.165, 1.54) is 0 Å². The van der Waals surface area contributed by atoms with Crippen LogP contribution in [0.25, 0.3) is 0 Å². The van der Waals surface area contributed by atoms with Gasteiger partial charge >= 0.3 is 240 Å². The second-order valence-corrected chi connectivity index (χ2v) is 3.91. The minimum Gasteiger partial charge on any atom is 2.00 e. The van der Waals surface area contributed by atoms with Crippen molar-refractivity contribution >= 4 is 229 Å². The van der Waals surface area contributed by atoms with Crippen molar-refractivity contribution in [3.63, 3.8) is 0 Å². The van der Waals surface area contributed by atoms with Gasteiger partial charge in [-0.05, 0) is 0 Å². The molecule has 0 saturated heterocycles. The maximum atomic E-state index is 10.4. The summed E-state index contributed by atoms with van der Waals surface area (Å²) in [4.78, 5) is 43.4. The van der Waals surface area contributed by atoms with Crippen LogP contribution in [0.5, 0.6) is 0 Å². The van der Waals surface area contributed by atoms with Crippen molar-refractivity contribution in [2.45, 2.75) is 0 Å². The maximum absolute atomic E-state index is 10.4. The molecule has 0 aliphatic rings. The SMILES string of the molecule is O=C([O-])CN(CCN(CC(=O)[O-])CC(=O)[O-])CC(=O)[O-].[KH].[KH].[KH].[KH].[Mn+2].[Mn+2]. The molecular formula is C10H16K4Mn2N2O8. The molecule has 0 bridgehead atoms. The van der Waals surface area contributed by atoms with Crippen LogP contribution < -0.4 is 20.4 Å². The van der Waals surface area contributed by atoms with Crippen molar-refractivity contribution in [3.8, 4) is 0 Å². The van der Waals surface area contributed by atoms with Gasteiger partial charge < -0.3 is 39.6 Å². The molecule has 0 atom stereocenters. The molecule has 0 spiro atoms. The van der Waals surface area contributed by atoms with Gasteiger partial charge in [0.1, 0.15) is 0 Å². The first kappa shape index (κ1) is 48.7. The molecule has 0 N–H and O–H groups in total. The molecule has 0 amide bonds. The average molecular weight is 559 g/mol. The third-order valence-corrected chi connectivity index (χ3v) is 2.14. The Kier molecular flexibility index (Phi) is 56.9. The number of aliphatic carboxylic acids is 4. The van der Waals surface area contributed by atoms with E-state index in [0.717, 1.165) is 9.80 Å². The second-order valence-electron chi connectivity index (χ2n) is 3.91. The van der Waals surface area contributed by atoms with Gasteiger partial charge in [-0.3, -0.25) is 9.80 Å². The molecule has 0 aromatic heterocycles. The summed E-state index contributed by atoms with van der Waals surface area (Å²) >= 11 is 0. The van der Waals surface area contributed by atoms with Crippen LogP contribution in [0.4, 0.5) is 0 Å². The molecule has 0 heterocycles. The van der Waals surface area contributed by atoms with Crippen LogP contribution >= 0.6 is 0 Å². The third-order valence-electron chi connectivity index (χ3n) is 2.14. The Balaban J connectivity index is -0.000000120. The molecule has 10 nitrogen and oxygen atoms in total. The third kappa shape index (κ3) is 34.0. The second kappa shape index (κ2) is 30.4. The molecule has 132 valence electrons. The number of carbonyl (C=O) groups excluding carboxylic acids is 4. The first-order valence-corrected chi connectivity index (χ1v) is 5.44. The van der Waals surface area contributed by atoms with Gasteiger partial charge in [-0.1, -0.05) is 0 Å². The van der Waals surface area contributed by atoms with Crippen molar-refractivity contribution in [2.24, 2.45) is 0 Å². The molecule has 0 fully saturated rings. The molecule has 0 aliphatic carbocycles. The summed E-state index contributed by atoms with van der Waals surface area (Å²) in [6, 6.07) is 0. The van der Waals surface area contributed by atoms with E-state index in [-0.39, 0.29) is 253 Å². The van der Waals surface area contributed by atoms with E-state index in [9.17, 15) is 39.6 Å². The van der Waals surface area contributed by atoms with Gasteiger partial charge in [-0.2, -0.15) is 0 Å². The summed E-state index contributed by atoms with van der Waals surface area (Å²) in [7, 11) is 0. The summed E-state index contributed by atoms with van der Waals surface area (Å²) in [6.07, 6.45) is 0. The Morgan fingerprint density at radius 3 is 0.769 bits per heavy atom. The molecule has 0 aliphatic heterocycles. The zero-order valence-electron chi connectivity index (χ0n) is 11.2. The fourth-order valence-electron chi connectivity index (χ4n) is 1.44. The monoisotopic (exact) mass is 558 g/mol. The number of rotatable bonds is 11. The van der Waals surface area contributed by atoms with Gasteiger partial charge in [-0.15, -0.1) is 0 Å². The smallest absolute Gasteiger partial charge is 2.00 e. The summed E-state index contributed by atoms with van der Waals surface area (Å²) in [5, 5.41) is 41.6. The molecular weight excluding hydrogens is 542 g/mol. The Morgan fingerprint density at radius 2 is 0.654 bits per heavy atom. The van der Waals surface area contributed by atoms with Gasteiger partial charge in [0.2, 0.25) is 0 Å². The van der Waals surface area contributed by atoms with E-state index in [2.05, 4.69) is 0 Å². The van der Waals surface area contributed by atoms with Crippen molar-refractivity contribution in [2.75, 3.05) is 39.3 Å². The van der Waals surface area contributed by atoms with Crippen LogP contribution in [0.1, 0.15) is 0 Å². The Bertz CT molecular complexity index is 341. The largest absolute Gasteiger partial charge is 2.00 e. The van der Waals surface area contributed by atoms with E-state index < -0.39 is 50.1 Å². The van der Waals surface area contributed by atoms with E-state index in [0.29, 0.717) is 0 Å². The van der Waals surface area contributed by atoms with Gasteiger partial charge in [-0.25, -0.2) is 0 Å². The van der Waals surface area contributed by atoms with Gasteiger partial charge in [0.05, 0.1) is 23.9 Å². The van der Waals surface area contributed by atoms with Crippen LogP contribution in [0.15, 0.2) is 0 Å². The first-order chi connectivity index (χ1) is 9.20. The number of carbonyl (C=O) groups is 4. The van der Waals surface area contributed by atoms with Crippen LogP contribution in [-0.4, -0.2) is 278 Å². The minimum absolute atomic E-state index is 0. The zero-order chi connectivity index (χ0) is 15.7. The molecule has 0 unspecified atom stereocenters. The minimum atomic E-state index is -1.53. The molecule has 0 saturated carbocycles.